The smallest absolute Gasteiger partial charge is 0.296 e. The summed E-state index contributed by atoms with van der Waals surface area (Å²) in [7, 11) is 0. The van der Waals surface area contributed by atoms with Gasteiger partial charge in [0.15, 0.2) is 5.82 Å². The third kappa shape index (κ3) is 1.52. The topological polar surface area (TPSA) is 97.5 Å². The molecular weight excluding hydrogens is 160 g/mol. The van der Waals surface area contributed by atoms with Crippen LogP contribution in [0.25, 0.3) is 0 Å². The highest BCUT2D eigenvalue weighted by atomic mass is 16.5. The minimum atomic E-state index is -0.172. The monoisotopic (exact) mass is 170 g/mol. The molecule has 1 rings (SSSR count). The van der Waals surface area contributed by atoms with Gasteiger partial charge < -0.3 is 15.5 Å². The SMILES string of the molecule is CC(C)c1noc(/C(N)=N/O)n1. The lowest BCUT2D eigenvalue weighted by atomic mass is 10.2. The van der Waals surface area contributed by atoms with Crippen LogP contribution in [0.2, 0.25) is 0 Å². The summed E-state index contributed by atoms with van der Waals surface area (Å²) in [6.07, 6.45) is 0. The van der Waals surface area contributed by atoms with Gasteiger partial charge in [-0.05, 0) is 0 Å². The van der Waals surface area contributed by atoms with E-state index in [4.69, 9.17) is 15.5 Å². The molecule has 0 saturated carbocycles. The molecule has 0 unspecified atom stereocenters. The first kappa shape index (κ1) is 8.51. The summed E-state index contributed by atoms with van der Waals surface area (Å²) in [5.74, 6) is 0.571. The van der Waals surface area contributed by atoms with E-state index in [2.05, 4.69) is 15.3 Å². The zero-order chi connectivity index (χ0) is 9.14. The normalized spacial score (nSPS) is 12.4. The maximum Gasteiger partial charge on any atom is 0.296 e. The van der Waals surface area contributed by atoms with E-state index in [1.807, 2.05) is 13.8 Å². The van der Waals surface area contributed by atoms with Gasteiger partial charge in [0.25, 0.3) is 5.89 Å². The maximum absolute atomic E-state index is 8.27. The van der Waals surface area contributed by atoms with Gasteiger partial charge in [-0.25, -0.2) is 0 Å². The molecule has 1 aromatic heterocycles. The van der Waals surface area contributed by atoms with E-state index in [-0.39, 0.29) is 17.6 Å². The first-order valence-electron chi connectivity index (χ1n) is 3.46. The lowest BCUT2D eigenvalue weighted by Crippen LogP contribution is -2.13. The van der Waals surface area contributed by atoms with Crippen molar-refractivity contribution in [3.8, 4) is 0 Å². The average molecular weight is 170 g/mol. The van der Waals surface area contributed by atoms with Crippen LogP contribution in [-0.2, 0) is 0 Å². The molecule has 0 aliphatic carbocycles. The highest BCUT2D eigenvalue weighted by Gasteiger charge is 2.12. The molecule has 0 spiro atoms. The first-order valence-corrected chi connectivity index (χ1v) is 3.46. The molecule has 12 heavy (non-hydrogen) atoms. The third-order valence-corrected chi connectivity index (χ3v) is 1.28. The van der Waals surface area contributed by atoms with Crippen molar-refractivity contribution in [1.29, 1.82) is 0 Å². The summed E-state index contributed by atoms with van der Waals surface area (Å²) in [4.78, 5) is 3.89. The Morgan fingerprint density at radius 3 is 2.75 bits per heavy atom. The maximum atomic E-state index is 8.27. The van der Waals surface area contributed by atoms with Gasteiger partial charge in [-0.15, -0.1) is 0 Å². The summed E-state index contributed by atoms with van der Waals surface area (Å²) in [5.41, 5.74) is 5.21. The van der Waals surface area contributed by atoms with Crippen LogP contribution < -0.4 is 5.73 Å². The van der Waals surface area contributed by atoms with Crippen molar-refractivity contribution in [2.45, 2.75) is 19.8 Å². The van der Waals surface area contributed by atoms with Gasteiger partial charge in [-0.1, -0.05) is 24.2 Å². The van der Waals surface area contributed by atoms with Gasteiger partial charge in [0.1, 0.15) is 0 Å². The van der Waals surface area contributed by atoms with Crippen LogP contribution >= 0.6 is 0 Å². The number of hydrogen-bond acceptors (Lipinski definition) is 5. The molecule has 0 aliphatic rings. The second kappa shape index (κ2) is 3.21. The molecule has 0 saturated heterocycles. The zero-order valence-corrected chi connectivity index (χ0v) is 6.85. The number of oxime groups is 1. The molecule has 0 aliphatic heterocycles. The molecule has 66 valence electrons. The van der Waals surface area contributed by atoms with Crippen molar-refractivity contribution < 1.29 is 9.73 Å². The number of amidine groups is 1. The fraction of sp³-hybridized carbons (Fsp3) is 0.500. The number of nitrogens with two attached hydrogens (primary N) is 1. The van der Waals surface area contributed by atoms with Crippen LogP contribution in [0.5, 0.6) is 0 Å². The zero-order valence-electron chi connectivity index (χ0n) is 6.85. The van der Waals surface area contributed by atoms with Crippen LogP contribution in [0.15, 0.2) is 9.68 Å². The van der Waals surface area contributed by atoms with Gasteiger partial charge in [0.05, 0.1) is 0 Å². The molecule has 0 bridgehead atoms. The van der Waals surface area contributed by atoms with E-state index < -0.39 is 0 Å². The van der Waals surface area contributed by atoms with Crippen LogP contribution in [0.1, 0.15) is 31.5 Å². The fourth-order valence-corrected chi connectivity index (χ4v) is 0.616. The highest BCUT2D eigenvalue weighted by molar-refractivity contribution is 5.92. The summed E-state index contributed by atoms with van der Waals surface area (Å²) >= 11 is 0. The number of nitrogens with zero attached hydrogens (tertiary/aromatic N) is 3. The molecule has 1 aromatic rings. The molecule has 0 aromatic carbocycles. The minimum Gasteiger partial charge on any atom is -0.409 e. The Bertz CT molecular complexity index is 291. The Morgan fingerprint density at radius 1 is 1.67 bits per heavy atom. The van der Waals surface area contributed by atoms with Gasteiger partial charge in [-0.2, -0.15) is 4.98 Å². The first-order chi connectivity index (χ1) is 5.65. The standard InChI is InChI=1S/C6H10N4O2/c1-3(2)5-8-6(12-10-5)4(7)9-11/h3,11H,1-2H3,(H2,7,9). The molecule has 0 atom stereocenters. The number of hydrogen-bond donors (Lipinski definition) is 2. The van der Waals surface area contributed by atoms with Crippen LogP contribution in [-0.4, -0.2) is 21.2 Å². The number of rotatable bonds is 2. The van der Waals surface area contributed by atoms with E-state index in [0.29, 0.717) is 5.82 Å². The Balaban J connectivity index is 2.92. The van der Waals surface area contributed by atoms with Crippen molar-refractivity contribution in [3.05, 3.63) is 11.7 Å². The highest BCUT2D eigenvalue weighted by Crippen LogP contribution is 2.08. The Kier molecular flexibility index (Phi) is 2.27. The van der Waals surface area contributed by atoms with E-state index in [1.54, 1.807) is 0 Å². The van der Waals surface area contributed by atoms with E-state index >= 15 is 0 Å². The van der Waals surface area contributed by atoms with E-state index in [1.165, 1.54) is 0 Å². The van der Waals surface area contributed by atoms with Crippen molar-refractivity contribution in [1.82, 2.24) is 10.1 Å². The second-order valence-electron chi connectivity index (χ2n) is 2.60. The van der Waals surface area contributed by atoms with Crippen LogP contribution in [0.4, 0.5) is 0 Å². The number of aromatic nitrogens is 2. The molecule has 3 N–H and O–H groups in total. The predicted molar refractivity (Wildman–Crippen MR) is 40.9 cm³/mol. The minimum absolute atomic E-state index is 0.0428. The van der Waals surface area contributed by atoms with Crippen molar-refractivity contribution in [2.24, 2.45) is 10.9 Å². The average Bonchev–Trinajstić information content (AvgIpc) is 2.51. The lowest BCUT2D eigenvalue weighted by molar-refractivity contribution is 0.314. The summed E-state index contributed by atoms with van der Waals surface area (Å²) in [6.45, 7) is 3.84. The molecule has 1 heterocycles. The molecule has 0 radical (unpaired) electrons. The van der Waals surface area contributed by atoms with Crippen LogP contribution in [0, 0.1) is 0 Å². The summed E-state index contributed by atoms with van der Waals surface area (Å²) < 4.78 is 4.70. The fourth-order valence-electron chi connectivity index (χ4n) is 0.616. The molecule has 0 fully saturated rings. The van der Waals surface area contributed by atoms with Gasteiger partial charge in [-0.3, -0.25) is 0 Å². The molecule has 6 nitrogen and oxygen atoms in total. The van der Waals surface area contributed by atoms with Gasteiger partial charge in [0, 0.05) is 5.92 Å². The predicted octanol–water partition coefficient (Wildman–Crippen LogP) is 0.288. The van der Waals surface area contributed by atoms with Crippen molar-refractivity contribution in [2.75, 3.05) is 0 Å². The van der Waals surface area contributed by atoms with Crippen molar-refractivity contribution in [3.63, 3.8) is 0 Å². The largest absolute Gasteiger partial charge is 0.409 e. The molecular formula is C6H10N4O2. The van der Waals surface area contributed by atoms with E-state index in [9.17, 15) is 0 Å². The van der Waals surface area contributed by atoms with Crippen molar-refractivity contribution >= 4 is 5.84 Å². The Labute approximate surface area is 69.1 Å². The molecule has 6 heteroatoms. The Morgan fingerprint density at radius 2 is 2.33 bits per heavy atom. The quantitative estimate of drug-likeness (QED) is 0.287. The summed E-state index contributed by atoms with van der Waals surface area (Å²) in [5, 5.41) is 14.6. The molecule has 0 amide bonds. The van der Waals surface area contributed by atoms with Crippen LogP contribution in [0.3, 0.4) is 0 Å². The third-order valence-electron chi connectivity index (χ3n) is 1.28. The lowest BCUT2D eigenvalue weighted by Gasteiger charge is -1.91. The van der Waals surface area contributed by atoms with E-state index in [0.717, 1.165) is 0 Å². The second-order valence-corrected chi connectivity index (χ2v) is 2.60. The van der Waals surface area contributed by atoms with Gasteiger partial charge in [0.2, 0.25) is 5.84 Å². The van der Waals surface area contributed by atoms with Gasteiger partial charge >= 0.3 is 0 Å². The Hall–Kier alpha value is -1.59. The summed E-state index contributed by atoms with van der Waals surface area (Å²) in [6, 6.07) is 0.